The first-order chi connectivity index (χ1) is 8.08. The Morgan fingerprint density at radius 1 is 1.59 bits per heavy atom. The maximum Gasteiger partial charge on any atom is 0.305 e. The highest BCUT2D eigenvalue weighted by Gasteiger charge is 2.18. The molecule has 0 saturated heterocycles. The molecule has 1 N–H and O–H groups in total. The molecule has 1 atom stereocenters. The van der Waals surface area contributed by atoms with Crippen LogP contribution in [0.2, 0.25) is 0 Å². The van der Waals surface area contributed by atoms with E-state index in [0.717, 1.165) is 0 Å². The van der Waals surface area contributed by atoms with E-state index in [4.69, 9.17) is 5.11 Å². The second-order valence-electron chi connectivity index (χ2n) is 3.82. The molecule has 0 spiro atoms. The summed E-state index contributed by atoms with van der Waals surface area (Å²) in [6.07, 6.45) is 3.37. The molecule has 2 aromatic heterocycles. The van der Waals surface area contributed by atoms with Crippen molar-refractivity contribution in [2.75, 3.05) is 0 Å². The van der Waals surface area contributed by atoms with Gasteiger partial charge in [-0.05, 0) is 17.4 Å². The maximum atomic E-state index is 10.7. The topological polar surface area (TPSA) is 98.7 Å². The van der Waals surface area contributed by atoms with E-state index in [2.05, 4.69) is 20.5 Å². The minimum absolute atomic E-state index is 0.0368. The number of aromatic nitrogens is 6. The van der Waals surface area contributed by atoms with Crippen LogP contribution < -0.4 is 0 Å². The van der Waals surface area contributed by atoms with Gasteiger partial charge in [-0.15, -0.1) is 5.10 Å². The fourth-order valence-corrected chi connectivity index (χ4v) is 1.53. The molecule has 1 unspecified atom stereocenters. The highest BCUT2D eigenvalue weighted by molar-refractivity contribution is 5.67. The van der Waals surface area contributed by atoms with E-state index in [0.29, 0.717) is 11.5 Å². The van der Waals surface area contributed by atoms with E-state index in [1.54, 1.807) is 24.0 Å². The predicted octanol–water partition coefficient (Wildman–Crippen LogP) is 0.109. The van der Waals surface area contributed by atoms with Crippen molar-refractivity contribution in [1.82, 2.24) is 29.8 Å². The number of imidazole rings is 1. The van der Waals surface area contributed by atoms with Gasteiger partial charge in [-0.3, -0.25) is 4.79 Å². The molecule has 8 nitrogen and oxygen atoms in total. The molecule has 2 rings (SSSR count). The van der Waals surface area contributed by atoms with Crippen molar-refractivity contribution in [1.29, 1.82) is 0 Å². The van der Waals surface area contributed by atoms with E-state index < -0.39 is 5.97 Å². The second-order valence-corrected chi connectivity index (χ2v) is 3.82. The largest absolute Gasteiger partial charge is 0.481 e. The van der Waals surface area contributed by atoms with Gasteiger partial charge >= 0.3 is 5.97 Å². The highest BCUT2D eigenvalue weighted by Crippen LogP contribution is 2.18. The minimum atomic E-state index is -0.889. The zero-order valence-corrected chi connectivity index (χ0v) is 9.48. The number of rotatable bonds is 4. The van der Waals surface area contributed by atoms with Crippen molar-refractivity contribution in [3.05, 3.63) is 12.5 Å². The Balaban J connectivity index is 2.31. The summed E-state index contributed by atoms with van der Waals surface area (Å²) in [5.74, 6) is -0.417. The molecule has 8 heteroatoms. The number of nitrogens with zero attached hydrogens (tertiary/aromatic N) is 6. The quantitative estimate of drug-likeness (QED) is 0.808. The molecule has 0 amide bonds. The third-order valence-electron chi connectivity index (χ3n) is 2.31. The number of hydrogen-bond donors (Lipinski definition) is 1. The Morgan fingerprint density at radius 2 is 2.35 bits per heavy atom. The monoisotopic (exact) mass is 236 g/mol. The molecule has 0 aliphatic heterocycles. The van der Waals surface area contributed by atoms with Crippen molar-refractivity contribution in [2.24, 2.45) is 7.05 Å². The fourth-order valence-electron chi connectivity index (χ4n) is 1.53. The van der Waals surface area contributed by atoms with Crippen LogP contribution in [0.25, 0.3) is 11.5 Å². The third kappa shape index (κ3) is 2.30. The zero-order chi connectivity index (χ0) is 12.4. The van der Waals surface area contributed by atoms with Crippen LogP contribution >= 0.6 is 0 Å². The lowest BCUT2D eigenvalue weighted by Crippen LogP contribution is -2.13. The maximum absolute atomic E-state index is 10.7. The number of hydrogen-bond acceptors (Lipinski definition) is 5. The molecule has 0 bridgehead atoms. The van der Waals surface area contributed by atoms with Gasteiger partial charge < -0.3 is 9.67 Å². The van der Waals surface area contributed by atoms with Crippen molar-refractivity contribution < 1.29 is 9.90 Å². The smallest absolute Gasteiger partial charge is 0.305 e. The first-order valence-electron chi connectivity index (χ1n) is 5.06. The van der Waals surface area contributed by atoms with E-state index in [9.17, 15) is 4.79 Å². The molecule has 90 valence electrons. The summed E-state index contributed by atoms with van der Waals surface area (Å²) >= 11 is 0. The summed E-state index contributed by atoms with van der Waals surface area (Å²) in [5.41, 5.74) is 0.620. The van der Waals surface area contributed by atoms with Gasteiger partial charge in [0.2, 0.25) is 5.82 Å². The molecule has 0 radical (unpaired) electrons. The average molecular weight is 236 g/mol. The van der Waals surface area contributed by atoms with Crippen LogP contribution in [0.1, 0.15) is 19.4 Å². The van der Waals surface area contributed by atoms with Crippen LogP contribution in [-0.2, 0) is 11.8 Å². The SMILES string of the molecule is CC(CC(=O)O)n1nnnc1-c1cn(C)cn1. The molecular formula is C9H12N6O2. The van der Waals surface area contributed by atoms with Crippen LogP contribution in [0.15, 0.2) is 12.5 Å². The summed E-state index contributed by atoms with van der Waals surface area (Å²) in [5, 5.41) is 20.0. The Morgan fingerprint density at radius 3 is 2.94 bits per heavy atom. The Bertz CT molecular complexity index is 531. The predicted molar refractivity (Wildman–Crippen MR) is 57.0 cm³/mol. The van der Waals surface area contributed by atoms with Gasteiger partial charge in [0.25, 0.3) is 0 Å². The molecular weight excluding hydrogens is 224 g/mol. The van der Waals surface area contributed by atoms with Gasteiger partial charge in [-0.25, -0.2) is 9.67 Å². The number of aryl methyl sites for hydroxylation is 1. The van der Waals surface area contributed by atoms with Crippen molar-refractivity contribution in [3.63, 3.8) is 0 Å². The third-order valence-corrected chi connectivity index (χ3v) is 2.31. The van der Waals surface area contributed by atoms with Gasteiger partial charge in [0, 0.05) is 13.2 Å². The first-order valence-corrected chi connectivity index (χ1v) is 5.06. The summed E-state index contributed by atoms with van der Waals surface area (Å²) in [6, 6.07) is -0.320. The molecule has 0 aliphatic carbocycles. The van der Waals surface area contributed by atoms with E-state index in [1.807, 2.05) is 7.05 Å². The van der Waals surface area contributed by atoms with Crippen molar-refractivity contribution >= 4 is 5.97 Å². The molecule has 0 fully saturated rings. The van der Waals surface area contributed by atoms with Crippen molar-refractivity contribution in [3.8, 4) is 11.5 Å². The van der Waals surface area contributed by atoms with E-state index in [1.165, 1.54) is 4.68 Å². The first kappa shape index (κ1) is 11.2. The van der Waals surface area contributed by atoms with E-state index in [-0.39, 0.29) is 12.5 Å². The van der Waals surface area contributed by atoms with Crippen molar-refractivity contribution in [2.45, 2.75) is 19.4 Å². The summed E-state index contributed by atoms with van der Waals surface area (Å²) < 4.78 is 3.24. The van der Waals surface area contributed by atoms with Crippen LogP contribution in [0.3, 0.4) is 0 Å². The van der Waals surface area contributed by atoms with Crippen LogP contribution in [0.4, 0.5) is 0 Å². The molecule has 17 heavy (non-hydrogen) atoms. The Kier molecular flexibility index (Phi) is 2.86. The number of carboxylic acids is 1. The molecule has 0 aromatic carbocycles. The van der Waals surface area contributed by atoms with E-state index >= 15 is 0 Å². The summed E-state index contributed by atoms with van der Waals surface area (Å²) in [6.45, 7) is 1.75. The number of tetrazole rings is 1. The lowest BCUT2D eigenvalue weighted by molar-refractivity contribution is -0.137. The number of carboxylic acid groups (broad SMARTS) is 1. The zero-order valence-electron chi connectivity index (χ0n) is 9.48. The Labute approximate surface area is 96.9 Å². The normalized spacial score (nSPS) is 12.6. The summed E-state index contributed by atoms with van der Waals surface area (Å²) in [4.78, 5) is 14.8. The number of aliphatic carboxylic acids is 1. The van der Waals surface area contributed by atoms with Crippen LogP contribution in [0.5, 0.6) is 0 Å². The molecule has 2 aromatic rings. The highest BCUT2D eigenvalue weighted by atomic mass is 16.4. The van der Waals surface area contributed by atoms with Crippen LogP contribution in [-0.4, -0.2) is 40.8 Å². The fraction of sp³-hybridized carbons (Fsp3) is 0.444. The van der Waals surface area contributed by atoms with Gasteiger partial charge in [-0.1, -0.05) is 0 Å². The molecule has 0 aliphatic rings. The summed E-state index contributed by atoms with van der Waals surface area (Å²) in [7, 11) is 1.84. The average Bonchev–Trinajstić information content (AvgIpc) is 2.83. The standard InChI is InChI=1S/C9H12N6O2/c1-6(3-8(16)17)15-9(11-12-13-15)7-4-14(2)5-10-7/h4-6H,3H2,1-2H3,(H,16,17). The van der Waals surface area contributed by atoms with Gasteiger partial charge in [0.05, 0.1) is 18.8 Å². The lowest BCUT2D eigenvalue weighted by atomic mass is 10.2. The Hall–Kier alpha value is -2.25. The van der Waals surface area contributed by atoms with Gasteiger partial charge in [0.1, 0.15) is 5.69 Å². The lowest BCUT2D eigenvalue weighted by Gasteiger charge is -2.09. The van der Waals surface area contributed by atoms with Gasteiger partial charge in [-0.2, -0.15) is 0 Å². The molecule has 0 saturated carbocycles. The second kappa shape index (κ2) is 4.32. The van der Waals surface area contributed by atoms with Gasteiger partial charge in [0.15, 0.2) is 0 Å². The minimum Gasteiger partial charge on any atom is -0.481 e. The molecule has 2 heterocycles. The number of carbonyl (C=O) groups is 1. The van der Waals surface area contributed by atoms with Crippen LogP contribution in [0, 0.1) is 0 Å².